The highest BCUT2D eigenvalue weighted by atomic mass is 35.5. The normalized spacial score (nSPS) is 15.6. The Hall–Kier alpha value is -3.15. The number of amides is 1. The number of nitro groups is 1. The van der Waals surface area contributed by atoms with Crippen LogP contribution in [0.5, 0.6) is 0 Å². The van der Waals surface area contributed by atoms with E-state index in [1.165, 1.54) is 6.07 Å². The number of primary amides is 1. The molecular weight excluding hydrogens is 394 g/mol. The Morgan fingerprint density at radius 3 is 2.38 bits per heavy atom. The molecule has 1 fully saturated rings. The molecule has 1 amide bonds. The molecule has 0 saturated carbocycles. The van der Waals surface area contributed by atoms with Crippen molar-refractivity contribution in [3.8, 4) is 6.07 Å². The van der Waals surface area contributed by atoms with Gasteiger partial charge < -0.3 is 10.6 Å². The van der Waals surface area contributed by atoms with Crippen LogP contribution in [-0.2, 0) is 4.79 Å². The maximum atomic E-state index is 12.1. The maximum absolute atomic E-state index is 12.1. The number of carbonyl (C=O) groups is 1. The first-order valence-corrected chi connectivity index (χ1v) is 9.42. The van der Waals surface area contributed by atoms with Gasteiger partial charge in [-0.3, -0.25) is 19.8 Å². The number of nitrogens with zero attached hydrogens (tertiary/aromatic N) is 4. The fourth-order valence-electron chi connectivity index (χ4n) is 3.69. The zero-order valence-electron chi connectivity index (χ0n) is 15.8. The average molecular weight is 414 g/mol. The van der Waals surface area contributed by atoms with Crippen molar-refractivity contribution in [3.05, 3.63) is 68.2 Å². The van der Waals surface area contributed by atoms with Crippen LogP contribution in [0.15, 0.2) is 36.4 Å². The largest absolute Gasteiger partial charge is 0.369 e. The van der Waals surface area contributed by atoms with Gasteiger partial charge in [-0.25, -0.2) is 0 Å². The second-order valence-electron chi connectivity index (χ2n) is 6.89. The Kier molecular flexibility index (Phi) is 6.01. The molecule has 1 aliphatic rings. The molecule has 1 heterocycles. The monoisotopic (exact) mass is 413 g/mol. The quantitative estimate of drug-likeness (QED) is 0.595. The second-order valence-corrected chi connectivity index (χ2v) is 7.32. The number of nitro benzene ring substituents is 1. The van der Waals surface area contributed by atoms with Crippen molar-refractivity contribution in [1.29, 1.82) is 5.26 Å². The van der Waals surface area contributed by atoms with Crippen LogP contribution >= 0.6 is 11.6 Å². The lowest BCUT2D eigenvalue weighted by Gasteiger charge is -2.39. The van der Waals surface area contributed by atoms with E-state index in [0.717, 1.165) is 5.56 Å². The minimum Gasteiger partial charge on any atom is -0.369 e. The summed E-state index contributed by atoms with van der Waals surface area (Å²) in [7, 11) is 0. The van der Waals surface area contributed by atoms with Gasteiger partial charge in [-0.1, -0.05) is 23.7 Å². The van der Waals surface area contributed by atoms with E-state index in [1.54, 1.807) is 37.3 Å². The van der Waals surface area contributed by atoms with E-state index < -0.39 is 16.9 Å². The summed E-state index contributed by atoms with van der Waals surface area (Å²) in [5.41, 5.74) is 7.79. The number of nitrogens with two attached hydrogens (primary N) is 1. The molecule has 0 bridgehead atoms. The third kappa shape index (κ3) is 4.31. The molecule has 0 spiro atoms. The Balaban J connectivity index is 1.82. The first-order valence-electron chi connectivity index (χ1n) is 9.04. The number of piperazine rings is 1. The summed E-state index contributed by atoms with van der Waals surface area (Å²) in [6.45, 7) is 3.86. The van der Waals surface area contributed by atoms with Gasteiger partial charge in [-0.05, 0) is 30.7 Å². The molecule has 8 nitrogen and oxygen atoms in total. The highest BCUT2D eigenvalue weighted by molar-refractivity contribution is 6.30. The molecule has 2 aromatic carbocycles. The molecule has 150 valence electrons. The summed E-state index contributed by atoms with van der Waals surface area (Å²) in [6, 6.07) is 11.4. The van der Waals surface area contributed by atoms with Gasteiger partial charge in [0.2, 0.25) is 5.91 Å². The second kappa shape index (κ2) is 8.47. The molecule has 1 saturated heterocycles. The fourth-order valence-corrected chi connectivity index (χ4v) is 3.81. The van der Waals surface area contributed by atoms with E-state index in [0.29, 0.717) is 42.5 Å². The minimum atomic E-state index is -0.574. The Labute approximate surface area is 173 Å². The van der Waals surface area contributed by atoms with Crippen LogP contribution in [0.4, 0.5) is 11.4 Å². The maximum Gasteiger partial charge on any atom is 0.275 e. The molecular formula is C20H20ClN5O3. The number of carbonyl (C=O) groups excluding carboxylic acids is 1. The fraction of sp³-hybridized carbons (Fsp3) is 0.300. The first-order chi connectivity index (χ1) is 13.8. The van der Waals surface area contributed by atoms with Gasteiger partial charge in [-0.15, -0.1) is 0 Å². The van der Waals surface area contributed by atoms with Crippen LogP contribution in [0.3, 0.4) is 0 Å². The third-order valence-electron chi connectivity index (χ3n) is 5.15. The molecule has 9 heteroatoms. The summed E-state index contributed by atoms with van der Waals surface area (Å²) in [6.07, 6.45) is 0. The van der Waals surface area contributed by atoms with Crippen molar-refractivity contribution in [2.45, 2.75) is 13.0 Å². The van der Waals surface area contributed by atoms with Crippen LogP contribution in [-0.4, -0.2) is 41.9 Å². The van der Waals surface area contributed by atoms with Crippen LogP contribution in [0.25, 0.3) is 0 Å². The van der Waals surface area contributed by atoms with Crippen molar-refractivity contribution in [1.82, 2.24) is 4.90 Å². The highest BCUT2D eigenvalue weighted by Crippen LogP contribution is 2.32. The molecule has 2 aromatic rings. The predicted molar refractivity (Wildman–Crippen MR) is 110 cm³/mol. The molecule has 29 heavy (non-hydrogen) atoms. The zero-order valence-corrected chi connectivity index (χ0v) is 16.6. The van der Waals surface area contributed by atoms with Crippen molar-refractivity contribution >= 4 is 28.9 Å². The number of hydrogen-bond donors (Lipinski definition) is 1. The molecule has 1 aliphatic heterocycles. The number of nitriles is 1. The van der Waals surface area contributed by atoms with Gasteiger partial charge in [0.05, 0.1) is 22.1 Å². The average Bonchev–Trinajstić information content (AvgIpc) is 2.70. The van der Waals surface area contributed by atoms with Crippen LogP contribution in [0.1, 0.15) is 22.7 Å². The van der Waals surface area contributed by atoms with Crippen molar-refractivity contribution in [2.75, 3.05) is 31.1 Å². The third-order valence-corrected chi connectivity index (χ3v) is 5.41. The van der Waals surface area contributed by atoms with E-state index >= 15 is 0 Å². The first kappa shape index (κ1) is 20.6. The lowest BCUT2D eigenvalue weighted by atomic mass is 10.0. The molecule has 0 radical (unpaired) electrons. The van der Waals surface area contributed by atoms with Gasteiger partial charge in [0.25, 0.3) is 5.69 Å². The summed E-state index contributed by atoms with van der Waals surface area (Å²) < 4.78 is 0. The zero-order chi connectivity index (χ0) is 21.1. The summed E-state index contributed by atoms with van der Waals surface area (Å²) in [4.78, 5) is 27.0. The lowest BCUT2D eigenvalue weighted by molar-refractivity contribution is -0.385. The van der Waals surface area contributed by atoms with E-state index in [9.17, 15) is 20.2 Å². The van der Waals surface area contributed by atoms with Gasteiger partial charge in [0.1, 0.15) is 6.04 Å². The molecule has 3 rings (SSSR count). The molecule has 0 aromatic heterocycles. The van der Waals surface area contributed by atoms with Crippen LogP contribution in [0.2, 0.25) is 5.02 Å². The number of halogens is 1. The molecule has 1 unspecified atom stereocenters. The lowest BCUT2D eigenvalue weighted by Crippen LogP contribution is -2.50. The number of rotatable bonds is 5. The van der Waals surface area contributed by atoms with E-state index in [1.807, 2.05) is 15.9 Å². The molecule has 2 N–H and O–H groups in total. The summed E-state index contributed by atoms with van der Waals surface area (Å²) in [5.74, 6) is -0.445. The predicted octanol–water partition coefficient (Wildman–Crippen LogP) is 2.78. The SMILES string of the molecule is Cc1c(N2CCN(C(C(N)=O)c3ccc(Cl)cc3)CC2)cc(C#N)cc1[N+](=O)[O-]. The summed E-state index contributed by atoms with van der Waals surface area (Å²) in [5, 5.41) is 21.1. The van der Waals surface area contributed by atoms with Crippen LogP contribution in [0, 0.1) is 28.4 Å². The van der Waals surface area contributed by atoms with Crippen molar-refractivity contribution < 1.29 is 9.72 Å². The van der Waals surface area contributed by atoms with Crippen molar-refractivity contribution in [3.63, 3.8) is 0 Å². The number of anilines is 1. The van der Waals surface area contributed by atoms with Gasteiger partial charge >= 0.3 is 0 Å². The Morgan fingerprint density at radius 2 is 1.86 bits per heavy atom. The van der Waals surface area contributed by atoms with Crippen molar-refractivity contribution in [2.24, 2.45) is 5.73 Å². The Morgan fingerprint density at radius 1 is 1.24 bits per heavy atom. The minimum absolute atomic E-state index is 0.0716. The topological polar surface area (TPSA) is 116 Å². The highest BCUT2D eigenvalue weighted by Gasteiger charge is 2.30. The number of benzene rings is 2. The smallest absolute Gasteiger partial charge is 0.275 e. The summed E-state index contributed by atoms with van der Waals surface area (Å²) >= 11 is 5.94. The van der Waals surface area contributed by atoms with Gasteiger partial charge in [0.15, 0.2) is 0 Å². The number of hydrogen-bond acceptors (Lipinski definition) is 6. The Bertz CT molecular complexity index is 979. The van der Waals surface area contributed by atoms with Gasteiger partial charge in [-0.2, -0.15) is 5.26 Å². The standard InChI is InChI=1S/C20H20ClN5O3/c1-13-17(10-14(12-22)11-18(13)26(28)29)24-6-8-25(9-7-24)19(20(23)27)15-2-4-16(21)5-3-15/h2-5,10-11,19H,6-9H2,1H3,(H2,23,27). The van der Waals surface area contributed by atoms with E-state index in [-0.39, 0.29) is 11.3 Å². The molecule has 1 atom stereocenters. The molecule has 0 aliphatic carbocycles. The van der Waals surface area contributed by atoms with Gasteiger partial charge in [0, 0.05) is 43.0 Å². The van der Waals surface area contributed by atoms with E-state index in [2.05, 4.69) is 0 Å². The van der Waals surface area contributed by atoms with E-state index in [4.69, 9.17) is 17.3 Å². The van der Waals surface area contributed by atoms with Crippen LogP contribution < -0.4 is 10.6 Å².